The summed E-state index contributed by atoms with van der Waals surface area (Å²) in [4.78, 5) is 16.3. The second-order valence-corrected chi connectivity index (χ2v) is 11.4. The third-order valence-electron chi connectivity index (χ3n) is 7.58. The Morgan fingerprint density at radius 2 is 1.93 bits per heavy atom. The van der Waals surface area contributed by atoms with Crippen molar-refractivity contribution in [3.63, 3.8) is 0 Å². The molecule has 1 fully saturated rings. The van der Waals surface area contributed by atoms with Crippen LogP contribution in [-0.4, -0.2) is 61.5 Å². The zero-order chi connectivity index (χ0) is 30.4. The van der Waals surface area contributed by atoms with Crippen LogP contribution < -0.4 is 15.6 Å². The van der Waals surface area contributed by atoms with Crippen molar-refractivity contribution in [3.8, 4) is 0 Å². The molecule has 224 valence electrons. The van der Waals surface area contributed by atoms with Crippen LogP contribution in [0.15, 0.2) is 58.0 Å². The van der Waals surface area contributed by atoms with E-state index in [9.17, 15) is 22.4 Å². The van der Waals surface area contributed by atoms with E-state index in [1.165, 1.54) is 11.9 Å². The number of alkyl halides is 3. The normalized spacial score (nSPS) is 23.3. The van der Waals surface area contributed by atoms with E-state index in [1.54, 1.807) is 12.1 Å². The number of hydrazone groups is 1. The minimum atomic E-state index is -4.80. The van der Waals surface area contributed by atoms with Gasteiger partial charge in [-0.2, -0.15) is 18.3 Å². The van der Waals surface area contributed by atoms with Crippen LogP contribution in [0.4, 0.5) is 27.6 Å². The highest BCUT2D eigenvalue weighted by Gasteiger charge is 2.57. The molecule has 5 rings (SSSR count). The second kappa shape index (κ2) is 11.4. The van der Waals surface area contributed by atoms with Crippen LogP contribution in [0.2, 0.25) is 0 Å². The number of carbonyl (C=O) groups excluding carboxylic acids is 1. The monoisotopic (exact) mass is 608 g/mol. The van der Waals surface area contributed by atoms with E-state index < -0.39 is 40.9 Å². The number of benzene rings is 2. The fourth-order valence-corrected chi connectivity index (χ4v) is 5.89. The lowest BCUT2D eigenvalue weighted by Crippen LogP contribution is -2.59. The van der Waals surface area contributed by atoms with Gasteiger partial charge in [0.2, 0.25) is 11.7 Å². The number of furan rings is 1. The van der Waals surface area contributed by atoms with Gasteiger partial charge in [-0.3, -0.25) is 4.79 Å². The highest BCUT2D eigenvalue weighted by molar-refractivity contribution is 7.28. The van der Waals surface area contributed by atoms with E-state index >= 15 is 4.39 Å². The third-order valence-corrected chi connectivity index (χ3v) is 8.05. The van der Waals surface area contributed by atoms with Gasteiger partial charge in [-0.25, -0.2) is 13.8 Å². The van der Waals surface area contributed by atoms with Crippen molar-refractivity contribution in [2.75, 3.05) is 38.3 Å². The predicted octanol–water partition coefficient (Wildman–Crippen LogP) is 4.60. The molecule has 1 amide bonds. The number of hydrogen-bond donors (Lipinski definition) is 1. The number of ether oxygens (including phenoxy) is 1. The molecule has 7 nitrogen and oxygen atoms in total. The number of amides is 1. The fourth-order valence-electron chi connectivity index (χ4n) is 5.41. The van der Waals surface area contributed by atoms with Crippen LogP contribution in [0.3, 0.4) is 0 Å². The number of morpholine rings is 1. The van der Waals surface area contributed by atoms with Crippen molar-refractivity contribution in [2.45, 2.75) is 37.6 Å². The van der Waals surface area contributed by atoms with Gasteiger partial charge in [0.05, 0.1) is 30.0 Å². The topological polar surface area (TPSA) is 70.3 Å². The molecule has 3 heterocycles. The summed E-state index contributed by atoms with van der Waals surface area (Å²) in [7, 11) is 4.49. The van der Waals surface area contributed by atoms with Gasteiger partial charge in [-0.05, 0) is 62.6 Å². The number of halogens is 5. The van der Waals surface area contributed by atoms with Crippen molar-refractivity contribution in [2.24, 2.45) is 5.10 Å². The van der Waals surface area contributed by atoms with Crippen LogP contribution >= 0.6 is 9.24 Å². The Kier molecular flexibility index (Phi) is 8.17. The molecule has 1 aromatic heterocycles. The SMILES string of the molecule is Cc1ccc(N2N=C(c3ccc(F)cc3F)C(c3ccc(C(F)(F)F)o3)C2(C)C(=O)NCC2CN(C)CCO2)c(P)c1. The first-order chi connectivity index (χ1) is 19.8. The summed E-state index contributed by atoms with van der Waals surface area (Å²) in [6, 6.07) is 10.0. The molecule has 2 aliphatic heterocycles. The molecular weight excluding hydrogens is 578 g/mol. The Bertz CT molecular complexity index is 1530. The highest BCUT2D eigenvalue weighted by Crippen LogP contribution is 2.46. The molecule has 4 unspecified atom stereocenters. The molecule has 0 bridgehead atoms. The Morgan fingerprint density at radius 1 is 1.17 bits per heavy atom. The van der Waals surface area contributed by atoms with Gasteiger partial charge < -0.3 is 19.4 Å². The van der Waals surface area contributed by atoms with Crippen molar-refractivity contribution < 1.29 is 35.9 Å². The van der Waals surface area contributed by atoms with Crippen LogP contribution in [0, 0.1) is 18.6 Å². The van der Waals surface area contributed by atoms with Crippen molar-refractivity contribution >= 4 is 31.9 Å². The average molecular weight is 609 g/mol. The van der Waals surface area contributed by atoms with Crippen LogP contribution in [0.25, 0.3) is 0 Å². The lowest BCUT2D eigenvalue weighted by Gasteiger charge is -2.38. The number of nitrogens with one attached hydrogen (secondary N) is 1. The van der Waals surface area contributed by atoms with E-state index in [4.69, 9.17) is 9.15 Å². The molecular formula is C29H30F5N4O3P. The number of rotatable bonds is 6. The number of aryl methyl sites for hydroxylation is 1. The number of nitrogens with zero attached hydrogens (tertiary/aromatic N) is 3. The first kappa shape index (κ1) is 30.1. The highest BCUT2D eigenvalue weighted by atomic mass is 31.0. The first-order valence-corrected chi connectivity index (χ1v) is 13.8. The molecule has 1 N–H and O–H groups in total. The van der Waals surface area contributed by atoms with Gasteiger partial charge in [-0.15, -0.1) is 9.24 Å². The Labute approximate surface area is 241 Å². The molecule has 2 aromatic carbocycles. The maximum absolute atomic E-state index is 15.3. The number of carbonyl (C=O) groups is 1. The summed E-state index contributed by atoms with van der Waals surface area (Å²) in [6.07, 6.45) is -5.13. The summed E-state index contributed by atoms with van der Waals surface area (Å²) >= 11 is 0. The van der Waals surface area contributed by atoms with E-state index in [-0.39, 0.29) is 29.7 Å². The molecule has 1 saturated heterocycles. The van der Waals surface area contributed by atoms with Gasteiger partial charge in [0, 0.05) is 31.3 Å². The van der Waals surface area contributed by atoms with E-state index in [0.717, 1.165) is 36.4 Å². The van der Waals surface area contributed by atoms with Crippen molar-refractivity contribution in [1.29, 1.82) is 0 Å². The number of hydrogen-bond acceptors (Lipinski definition) is 6. The minimum Gasteiger partial charge on any atom is -0.456 e. The molecule has 0 spiro atoms. The summed E-state index contributed by atoms with van der Waals surface area (Å²) < 4.78 is 81.1. The number of likely N-dealkylation sites (N-methyl/N-ethyl adjacent to an activating group) is 1. The quantitative estimate of drug-likeness (QED) is 0.328. The van der Waals surface area contributed by atoms with E-state index in [2.05, 4.69) is 24.6 Å². The zero-order valence-electron chi connectivity index (χ0n) is 23.1. The lowest BCUT2D eigenvalue weighted by molar-refractivity contribution is -0.153. The Balaban J connectivity index is 1.66. The smallest absolute Gasteiger partial charge is 0.449 e. The van der Waals surface area contributed by atoms with Crippen LogP contribution in [0.1, 0.15) is 35.5 Å². The first-order valence-electron chi connectivity index (χ1n) is 13.2. The third kappa shape index (κ3) is 5.67. The van der Waals surface area contributed by atoms with Crippen molar-refractivity contribution in [1.82, 2.24) is 10.2 Å². The maximum Gasteiger partial charge on any atom is 0.449 e. The van der Waals surface area contributed by atoms with E-state index in [1.807, 2.05) is 20.0 Å². The van der Waals surface area contributed by atoms with Crippen LogP contribution in [0.5, 0.6) is 0 Å². The minimum absolute atomic E-state index is 0.0909. The van der Waals surface area contributed by atoms with Crippen molar-refractivity contribution in [3.05, 3.63) is 82.8 Å². The second-order valence-electron chi connectivity index (χ2n) is 10.7. The Morgan fingerprint density at radius 3 is 2.57 bits per heavy atom. The summed E-state index contributed by atoms with van der Waals surface area (Å²) in [5.74, 6) is -5.28. The molecule has 0 aliphatic carbocycles. The van der Waals surface area contributed by atoms with Gasteiger partial charge >= 0.3 is 6.18 Å². The Hall–Kier alpha value is -3.34. The molecule has 0 saturated carbocycles. The largest absolute Gasteiger partial charge is 0.456 e. The van der Waals surface area contributed by atoms with Gasteiger partial charge in [0.15, 0.2) is 5.54 Å². The molecule has 42 heavy (non-hydrogen) atoms. The predicted molar refractivity (Wildman–Crippen MR) is 151 cm³/mol. The zero-order valence-corrected chi connectivity index (χ0v) is 24.3. The van der Waals surface area contributed by atoms with Crippen LogP contribution in [-0.2, 0) is 15.7 Å². The number of anilines is 1. The summed E-state index contributed by atoms with van der Waals surface area (Å²) in [6.45, 7) is 5.29. The molecule has 2 aliphatic rings. The fraction of sp³-hybridized carbons (Fsp3) is 0.379. The summed E-state index contributed by atoms with van der Waals surface area (Å²) in [5.41, 5.74) is -0.659. The maximum atomic E-state index is 15.3. The standard InChI is InChI=1S/C29H30F5N4O3P/c1-16-4-7-21(23(42)12-16)38-28(2,27(39)35-14-18-15-37(3)10-11-40-18)25(22-8-9-24(41-22)29(32,33)34)26(36-38)19-6-5-17(30)13-20(19)31/h4-9,12-13,18,25H,10-11,14-15,42H2,1-3H3,(H,35,39). The average Bonchev–Trinajstić information content (AvgIpc) is 3.51. The van der Waals surface area contributed by atoms with E-state index in [0.29, 0.717) is 30.2 Å². The van der Waals surface area contributed by atoms with Gasteiger partial charge in [0.1, 0.15) is 17.4 Å². The molecule has 0 radical (unpaired) electrons. The molecule has 4 atom stereocenters. The van der Waals surface area contributed by atoms with Gasteiger partial charge in [-0.1, -0.05) is 11.6 Å². The molecule has 3 aromatic rings. The van der Waals surface area contributed by atoms with Gasteiger partial charge in [0.25, 0.3) is 0 Å². The molecule has 13 heteroatoms. The summed E-state index contributed by atoms with van der Waals surface area (Å²) in [5, 5.41) is 9.56. The lowest BCUT2D eigenvalue weighted by atomic mass is 9.78.